The molecule has 1 aromatic carbocycles. The predicted octanol–water partition coefficient (Wildman–Crippen LogP) is 4.20. The van der Waals surface area contributed by atoms with Crippen molar-refractivity contribution in [3.05, 3.63) is 60.0 Å². The number of fused-ring (bicyclic) bond motifs is 2. The van der Waals surface area contributed by atoms with Crippen LogP contribution in [-0.2, 0) is 11.2 Å². The zero-order valence-corrected chi connectivity index (χ0v) is 14.3. The highest BCUT2D eigenvalue weighted by Gasteiger charge is 2.24. The minimum atomic E-state index is 0.0748. The van der Waals surface area contributed by atoms with Crippen molar-refractivity contribution in [2.75, 3.05) is 0 Å². The van der Waals surface area contributed by atoms with Gasteiger partial charge in [-0.25, -0.2) is 0 Å². The second kappa shape index (κ2) is 6.63. The molecule has 1 N–H and O–H groups in total. The van der Waals surface area contributed by atoms with Gasteiger partial charge in [-0.1, -0.05) is 19.1 Å². The van der Waals surface area contributed by atoms with Crippen LogP contribution in [0.15, 0.2) is 48.9 Å². The third-order valence-corrected chi connectivity index (χ3v) is 4.96. The summed E-state index contributed by atoms with van der Waals surface area (Å²) in [5.41, 5.74) is 5.80. The lowest BCUT2D eigenvalue weighted by atomic mass is 9.84. The lowest BCUT2D eigenvalue weighted by Crippen LogP contribution is -2.30. The molecule has 0 unspecified atom stereocenters. The molecule has 1 aliphatic carbocycles. The second-order valence-corrected chi connectivity index (χ2v) is 6.53. The van der Waals surface area contributed by atoms with Crippen LogP contribution in [0.5, 0.6) is 0 Å². The third-order valence-electron chi connectivity index (χ3n) is 4.96. The van der Waals surface area contributed by atoms with Crippen molar-refractivity contribution in [1.82, 2.24) is 15.3 Å². The largest absolute Gasteiger partial charge is 0.349 e. The fourth-order valence-electron chi connectivity index (χ4n) is 3.66. The van der Waals surface area contributed by atoms with E-state index in [1.165, 1.54) is 11.1 Å². The third kappa shape index (κ3) is 3.00. The Hall–Kier alpha value is -2.75. The number of nitrogens with one attached hydrogen (secondary N) is 1. The summed E-state index contributed by atoms with van der Waals surface area (Å²) in [6.07, 6.45) is 9.27. The summed E-state index contributed by atoms with van der Waals surface area (Å²) >= 11 is 0. The molecule has 1 amide bonds. The van der Waals surface area contributed by atoms with Gasteiger partial charge in [0.2, 0.25) is 5.91 Å². The molecule has 0 spiro atoms. The summed E-state index contributed by atoms with van der Waals surface area (Å²) in [5, 5.41) is 4.27. The van der Waals surface area contributed by atoms with Gasteiger partial charge in [-0.15, -0.1) is 0 Å². The van der Waals surface area contributed by atoms with Gasteiger partial charge in [0.1, 0.15) is 0 Å². The van der Waals surface area contributed by atoms with Crippen LogP contribution >= 0.6 is 0 Å². The van der Waals surface area contributed by atoms with Crippen LogP contribution in [0.2, 0.25) is 0 Å². The van der Waals surface area contributed by atoms with Crippen molar-refractivity contribution in [2.45, 2.75) is 38.6 Å². The number of carbonyl (C=O) groups excluding carboxylic acids is 1. The van der Waals surface area contributed by atoms with E-state index in [4.69, 9.17) is 0 Å². The van der Waals surface area contributed by atoms with E-state index in [-0.39, 0.29) is 11.9 Å². The van der Waals surface area contributed by atoms with E-state index >= 15 is 0 Å². The Morgan fingerprint density at radius 2 is 2.20 bits per heavy atom. The van der Waals surface area contributed by atoms with Crippen LogP contribution in [0.4, 0.5) is 0 Å². The number of carbonyl (C=O) groups is 1. The van der Waals surface area contributed by atoms with Crippen LogP contribution in [0.1, 0.15) is 43.4 Å². The number of aromatic nitrogens is 2. The lowest BCUT2D eigenvalue weighted by Gasteiger charge is -2.27. The lowest BCUT2D eigenvalue weighted by molar-refractivity contribution is -0.121. The normalized spacial score (nSPS) is 16.4. The zero-order chi connectivity index (χ0) is 17.2. The van der Waals surface area contributed by atoms with E-state index in [9.17, 15) is 4.79 Å². The van der Waals surface area contributed by atoms with Gasteiger partial charge in [0, 0.05) is 36.0 Å². The molecule has 2 aromatic heterocycles. The quantitative estimate of drug-likeness (QED) is 0.782. The number of hydrogen-bond acceptors (Lipinski definition) is 3. The highest BCUT2D eigenvalue weighted by atomic mass is 16.1. The molecule has 0 saturated heterocycles. The molecule has 3 aromatic rings. The van der Waals surface area contributed by atoms with Gasteiger partial charge in [-0.2, -0.15) is 0 Å². The SMILES string of the molecule is CCC(=O)N[C@@H]1CCCc2c(-c3ccc4ncccc4c3)cncc21. The van der Waals surface area contributed by atoms with Gasteiger partial charge in [0.25, 0.3) is 0 Å². The standard InChI is InChI=1S/C21H21N3O/c1-2-21(25)24-20-7-3-6-16-17(12-22-13-18(16)20)14-8-9-19-15(11-14)5-4-10-23-19/h4-5,8-13,20H,2-3,6-7H2,1H3,(H,24,25)/t20-/m1/s1. The van der Waals surface area contributed by atoms with Gasteiger partial charge in [0.05, 0.1) is 11.6 Å². The highest BCUT2D eigenvalue weighted by Crippen LogP contribution is 2.36. The Morgan fingerprint density at radius 3 is 3.08 bits per heavy atom. The van der Waals surface area contributed by atoms with Crippen molar-refractivity contribution in [3.8, 4) is 11.1 Å². The topological polar surface area (TPSA) is 54.9 Å². The molecule has 4 rings (SSSR count). The van der Waals surface area contributed by atoms with Gasteiger partial charge < -0.3 is 5.32 Å². The first-order valence-electron chi connectivity index (χ1n) is 8.87. The Morgan fingerprint density at radius 1 is 1.28 bits per heavy atom. The number of nitrogens with zero attached hydrogens (tertiary/aromatic N) is 2. The molecule has 2 heterocycles. The molecule has 25 heavy (non-hydrogen) atoms. The molecule has 0 fully saturated rings. The molecule has 4 heteroatoms. The fourth-order valence-corrected chi connectivity index (χ4v) is 3.66. The minimum Gasteiger partial charge on any atom is -0.349 e. The van der Waals surface area contributed by atoms with E-state index in [1.807, 2.05) is 31.6 Å². The van der Waals surface area contributed by atoms with Crippen molar-refractivity contribution < 1.29 is 4.79 Å². The van der Waals surface area contributed by atoms with E-state index < -0.39 is 0 Å². The number of rotatable bonds is 3. The van der Waals surface area contributed by atoms with Crippen LogP contribution in [0, 0.1) is 0 Å². The summed E-state index contributed by atoms with van der Waals surface area (Å²) in [6, 6.07) is 10.5. The first-order chi connectivity index (χ1) is 12.3. The average Bonchev–Trinajstić information content (AvgIpc) is 2.67. The highest BCUT2D eigenvalue weighted by molar-refractivity contribution is 5.85. The number of amides is 1. The monoisotopic (exact) mass is 331 g/mol. The van der Waals surface area contributed by atoms with E-state index in [0.29, 0.717) is 6.42 Å². The van der Waals surface area contributed by atoms with E-state index in [2.05, 4.69) is 39.6 Å². The zero-order valence-electron chi connectivity index (χ0n) is 14.3. The predicted molar refractivity (Wildman–Crippen MR) is 99.1 cm³/mol. The summed E-state index contributed by atoms with van der Waals surface area (Å²) < 4.78 is 0. The first-order valence-corrected chi connectivity index (χ1v) is 8.87. The molecule has 1 atom stereocenters. The molecule has 0 aliphatic heterocycles. The molecule has 126 valence electrons. The van der Waals surface area contributed by atoms with Gasteiger partial charge in [-0.3, -0.25) is 14.8 Å². The Labute approximate surface area is 147 Å². The van der Waals surface area contributed by atoms with Gasteiger partial charge in [0.15, 0.2) is 0 Å². The smallest absolute Gasteiger partial charge is 0.220 e. The molecule has 4 nitrogen and oxygen atoms in total. The molecular formula is C21H21N3O. The summed E-state index contributed by atoms with van der Waals surface area (Å²) in [5.74, 6) is 0.0973. The minimum absolute atomic E-state index is 0.0748. The molecule has 0 saturated carbocycles. The maximum Gasteiger partial charge on any atom is 0.220 e. The Balaban J connectivity index is 1.78. The number of pyridine rings is 2. The number of benzene rings is 1. The number of hydrogen-bond donors (Lipinski definition) is 1. The maximum absolute atomic E-state index is 11.9. The maximum atomic E-state index is 11.9. The molecule has 0 bridgehead atoms. The van der Waals surface area contributed by atoms with Crippen molar-refractivity contribution in [1.29, 1.82) is 0 Å². The van der Waals surface area contributed by atoms with Crippen LogP contribution in [0.25, 0.3) is 22.0 Å². The summed E-state index contributed by atoms with van der Waals surface area (Å²) in [7, 11) is 0. The Kier molecular flexibility index (Phi) is 4.18. The van der Waals surface area contributed by atoms with E-state index in [1.54, 1.807) is 0 Å². The van der Waals surface area contributed by atoms with Gasteiger partial charge >= 0.3 is 0 Å². The van der Waals surface area contributed by atoms with E-state index in [0.717, 1.165) is 41.3 Å². The Bertz CT molecular complexity index is 935. The fraction of sp³-hybridized carbons (Fsp3) is 0.286. The molecule has 0 radical (unpaired) electrons. The van der Waals surface area contributed by atoms with Crippen molar-refractivity contribution in [3.63, 3.8) is 0 Å². The molecule has 1 aliphatic rings. The van der Waals surface area contributed by atoms with Gasteiger partial charge in [-0.05, 0) is 54.2 Å². The summed E-state index contributed by atoms with van der Waals surface area (Å²) in [4.78, 5) is 20.7. The van der Waals surface area contributed by atoms with Crippen molar-refractivity contribution in [2.24, 2.45) is 0 Å². The van der Waals surface area contributed by atoms with Crippen molar-refractivity contribution >= 4 is 16.8 Å². The van der Waals surface area contributed by atoms with Crippen LogP contribution in [0.3, 0.4) is 0 Å². The molecular weight excluding hydrogens is 310 g/mol. The second-order valence-electron chi connectivity index (χ2n) is 6.53. The first kappa shape index (κ1) is 15.8. The van der Waals surface area contributed by atoms with Crippen LogP contribution in [-0.4, -0.2) is 15.9 Å². The average molecular weight is 331 g/mol. The van der Waals surface area contributed by atoms with Crippen LogP contribution < -0.4 is 5.32 Å². The summed E-state index contributed by atoms with van der Waals surface area (Å²) in [6.45, 7) is 1.89.